The van der Waals surface area contributed by atoms with Gasteiger partial charge < -0.3 is 5.32 Å². The van der Waals surface area contributed by atoms with Crippen molar-refractivity contribution in [1.29, 1.82) is 0 Å². The number of anilines is 1. The lowest BCUT2D eigenvalue weighted by Crippen LogP contribution is -2.00. The molecule has 1 N–H and O–H groups in total. The molecule has 4 rings (SSSR count). The molecule has 5 heteroatoms. The second-order valence-electron chi connectivity index (χ2n) is 5.78. The number of nitrogens with zero attached hydrogens (tertiary/aromatic N) is 4. The van der Waals surface area contributed by atoms with E-state index in [-0.39, 0.29) is 0 Å². The van der Waals surface area contributed by atoms with Gasteiger partial charge in [0, 0.05) is 24.8 Å². The van der Waals surface area contributed by atoms with Crippen molar-refractivity contribution >= 4 is 16.7 Å². The summed E-state index contributed by atoms with van der Waals surface area (Å²) in [6, 6.07) is 14.6. The van der Waals surface area contributed by atoms with Gasteiger partial charge in [-0.3, -0.25) is 4.98 Å². The Hall–Kier alpha value is -3.34. The second-order valence-corrected chi connectivity index (χ2v) is 5.78. The summed E-state index contributed by atoms with van der Waals surface area (Å²) < 4.78 is 0. The number of aromatic nitrogens is 4. The SMILES string of the molecule is CNc1nc(-c2cnccn2)nc2cc(-c3ccccc3C)ccc12. The van der Waals surface area contributed by atoms with Gasteiger partial charge in [-0.2, -0.15) is 0 Å². The number of aryl methyl sites for hydroxylation is 1. The molecule has 4 aromatic rings. The molecule has 0 fully saturated rings. The molecule has 25 heavy (non-hydrogen) atoms. The quantitative estimate of drug-likeness (QED) is 0.613. The number of hydrogen-bond acceptors (Lipinski definition) is 5. The number of nitrogens with one attached hydrogen (secondary N) is 1. The smallest absolute Gasteiger partial charge is 0.182 e. The van der Waals surface area contributed by atoms with E-state index in [9.17, 15) is 0 Å². The zero-order chi connectivity index (χ0) is 17.2. The van der Waals surface area contributed by atoms with Crippen LogP contribution in [0, 0.1) is 6.92 Å². The van der Waals surface area contributed by atoms with Crippen molar-refractivity contribution in [3.63, 3.8) is 0 Å². The summed E-state index contributed by atoms with van der Waals surface area (Å²) >= 11 is 0. The van der Waals surface area contributed by atoms with Crippen LogP contribution in [-0.2, 0) is 0 Å². The highest BCUT2D eigenvalue weighted by molar-refractivity contribution is 5.93. The lowest BCUT2D eigenvalue weighted by Gasteiger charge is -2.10. The minimum atomic E-state index is 0.562. The summed E-state index contributed by atoms with van der Waals surface area (Å²) in [5, 5.41) is 4.13. The van der Waals surface area contributed by atoms with Gasteiger partial charge in [-0.05, 0) is 35.7 Å². The first kappa shape index (κ1) is 15.2. The van der Waals surface area contributed by atoms with Crippen LogP contribution in [0.15, 0.2) is 61.1 Å². The lowest BCUT2D eigenvalue weighted by atomic mass is 9.99. The van der Waals surface area contributed by atoms with E-state index in [1.165, 1.54) is 11.1 Å². The zero-order valence-electron chi connectivity index (χ0n) is 14.1. The summed E-state index contributed by atoms with van der Waals surface area (Å²) in [7, 11) is 1.86. The van der Waals surface area contributed by atoms with E-state index in [0.29, 0.717) is 11.5 Å². The molecule has 2 aromatic carbocycles. The molecular weight excluding hydrogens is 310 g/mol. The third kappa shape index (κ3) is 2.80. The van der Waals surface area contributed by atoms with Crippen LogP contribution in [0.2, 0.25) is 0 Å². The van der Waals surface area contributed by atoms with Crippen molar-refractivity contribution < 1.29 is 0 Å². The van der Waals surface area contributed by atoms with Crippen molar-refractivity contribution in [3.8, 4) is 22.6 Å². The van der Waals surface area contributed by atoms with Crippen LogP contribution in [0.25, 0.3) is 33.5 Å². The molecule has 0 unspecified atom stereocenters. The largest absolute Gasteiger partial charge is 0.373 e. The van der Waals surface area contributed by atoms with E-state index in [4.69, 9.17) is 4.98 Å². The molecule has 0 aliphatic rings. The van der Waals surface area contributed by atoms with Gasteiger partial charge >= 0.3 is 0 Å². The Labute approximate surface area is 145 Å². The molecule has 0 aliphatic carbocycles. The Morgan fingerprint density at radius 3 is 2.60 bits per heavy atom. The first-order chi connectivity index (χ1) is 12.3. The summed E-state index contributed by atoms with van der Waals surface area (Å²) in [6.07, 6.45) is 4.96. The Morgan fingerprint density at radius 1 is 0.960 bits per heavy atom. The maximum Gasteiger partial charge on any atom is 0.182 e. The van der Waals surface area contributed by atoms with Crippen LogP contribution in [0.4, 0.5) is 5.82 Å². The monoisotopic (exact) mass is 327 g/mol. The highest BCUT2D eigenvalue weighted by Crippen LogP contribution is 2.29. The molecule has 2 heterocycles. The molecule has 0 saturated carbocycles. The van der Waals surface area contributed by atoms with Gasteiger partial charge in [-0.15, -0.1) is 0 Å². The number of fused-ring (bicyclic) bond motifs is 1. The summed E-state index contributed by atoms with van der Waals surface area (Å²) in [6.45, 7) is 2.11. The fourth-order valence-corrected chi connectivity index (χ4v) is 2.91. The van der Waals surface area contributed by atoms with Gasteiger partial charge in [-0.25, -0.2) is 15.0 Å². The fourth-order valence-electron chi connectivity index (χ4n) is 2.91. The molecule has 2 aromatic heterocycles. The van der Waals surface area contributed by atoms with Crippen LogP contribution >= 0.6 is 0 Å². The molecule has 0 aliphatic heterocycles. The molecule has 5 nitrogen and oxygen atoms in total. The molecule has 0 amide bonds. The van der Waals surface area contributed by atoms with Crippen LogP contribution in [0.5, 0.6) is 0 Å². The zero-order valence-corrected chi connectivity index (χ0v) is 14.1. The van der Waals surface area contributed by atoms with Crippen LogP contribution in [-0.4, -0.2) is 27.0 Å². The average molecular weight is 327 g/mol. The van der Waals surface area contributed by atoms with Crippen LogP contribution in [0.1, 0.15) is 5.56 Å². The summed E-state index contributed by atoms with van der Waals surface area (Å²) in [5.74, 6) is 1.34. The van der Waals surface area contributed by atoms with Crippen molar-refractivity contribution in [2.45, 2.75) is 6.92 Å². The van der Waals surface area contributed by atoms with Crippen molar-refractivity contribution in [2.24, 2.45) is 0 Å². The van der Waals surface area contributed by atoms with Crippen molar-refractivity contribution in [2.75, 3.05) is 12.4 Å². The predicted octanol–water partition coefficient (Wildman–Crippen LogP) is 4.10. The second kappa shape index (κ2) is 6.28. The van der Waals surface area contributed by atoms with E-state index < -0.39 is 0 Å². The van der Waals surface area contributed by atoms with Crippen molar-refractivity contribution in [3.05, 3.63) is 66.6 Å². The standard InChI is InChI=1S/C20H17N5/c1-13-5-3-4-6-15(13)14-7-8-16-17(11-14)24-20(25-19(16)21-2)18-12-22-9-10-23-18/h3-12H,1-2H3,(H,21,24,25). The Bertz CT molecular complexity index is 1040. The summed E-state index contributed by atoms with van der Waals surface area (Å²) in [4.78, 5) is 17.7. The number of hydrogen-bond donors (Lipinski definition) is 1. The maximum absolute atomic E-state index is 4.72. The van der Waals surface area contributed by atoms with Crippen LogP contribution < -0.4 is 5.32 Å². The molecule has 0 saturated heterocycles. The van der Waals surface area contributed by atoms with Gasteiger partial charge in [0.25, 0.3) is 0 Å². The minimum Gasteiger partial charge on any atom is -0.373 e. The highest BCUT2D eigenvalue weighted by Gasteiger charge is 2.11. The fraction of sp³-hybridized carbons (Fsp3) is 0.100. The topological polar surface area (TPSA) is 63.6 Å². The molecule has 0 radical (unpaired) electrons. The molecule has 122 valence electrons. The van der Waals surface area contributed by atoms with Crippen molar-refractivity contribution in [1.82, 2.24) is 19.9 Å². The third-order valence-corrected chi connectivity index (χ3v) is 4.18. The number of rotatable bonds is 3. The Kier molecular flexibility index (Phi) is 3.82. The van der Waals surface area contributed by atoms with E-state index in [2.05, 4.69) is 63.6 Å². The average Bonchev–Trinajstić information content (AvgIpc) is 2.67. The third-order valence-electron chi connectivity index (χ3n) is 4.18. The van der Waals surface area contributed by atoms with Gasteiger partial charge in [0.05, 0.1) is 11.7 Å². The van der Waals surface area contributed by atoms with E-state index >= 15 is 0 Å². The highest BCUT2D eigenvalue weighted by atomic mass is 15.0. The number of benzene rings is 2. The van der Waals surface area contributed by atoms with E-state index in [1.807, 2.05) is 13.1 Å². The van der Waals surface area contributed by atoms with E-state index in [0.717, 1.165) is 22.3 Å². The van der Waals surface area contributed by atoms with Gasteiger partial charge in [0.1, 0.15) is 11.5 Å². The van der Waals surface area contributed by atoms with Crippen LogP contribution in [0.3, 0.4) is 0 Å². The first-order valence-corrected chi connectivity index (χ1v) is 8.08. The molecule has 0 atom stereocenters. The maximum atomic E-state index is 4.72. The predicted molar refractivity (Wildman–Crippen MR) is 100 cm³/mol. The first-order valence-electron chi connectivity index (χ1n) is 8.08. The lowest BCUT2D eigenvalue weighted by molar-refractivity contribution is 1.13. The van der Waals surface area contributed by atoms with Gasteiger partial charge in [0.15, 0.2) is 5.82 Å². The Balaban J connectivity index is 1.93. The molecule has 0 bridgehead atoms. The molecule has 0 spiro atoms. The van der Waals surface area contributed by atoms with Gasteiger partial charge in [0.2, 0.25) is 0 Å². The normalized spacial score (nSPS) is 10.8. The molecular formula is C20H17N5. The Morgan fingerprint density at radius 2 is 1.84 bits per heavy atom. The van der Waals surface area contributed by atoms with E-state index in [1.54, 1.807) is 18.6 Å². The van der Waals surface area contributed by atoms with Gasteiger partial charge in [-0.1, -0.05) is 30.3 Å². The minimum absolute atomic E-state index is 0.562. The summed E-state index contributed by atoms with van der Waals surface area (Å²) in [5.41, 5.74) is 5.10.